The number of rotatable bonds is 0. The van der Waals surface area contributed by atoms with Gasteiger partial charge in [-0.1, -0.05) is 6.92 Å². The molecule has 0 radical (unpaired) electrons. The Morgan fingerprint density at radius 2 is 2.25 bits per heavy atom. The molecule has 1 aliphatic carbocycles. The van der Waals surface area contributed by atoms with Crippen molar-refractivity contribution < 1.29 is 0 Å². The van der Waals surface area contributed by atoms with Crippen LogP contribution in [0.5, 0.6) is 0 Å². The molecular formula is C7H13N. The number of nitrogens with one attached hydrogen (secondary N) is 1. The number of fused-ring (bicyclic) bond motifs is 1. The van der Waals surface area contributed by atoms with Gasteiger partial charge in [-0.05, 0) is 31.2 Å². The Balaban J connectivity index is 2.00. The van der Waals surface area contributed by atoms with Crippen LogP contribution in [0.4, 0.5) is 0 Å². The van der Waals surface area contributed by atoms with Crippen molar-refractivity contribution >= 4 is 0 Å². The van der Waals surface area contributed by atoms with E-state index in [9.17, 15) is 0 Å². The van der Waals surface area contributed by atoms with Crippen LogP contribution in [0, 0.1) is 11.8 Å². The fraction of sp³-hybridized carbons (Fsp3) is 1.00. The molecule has 2 fully saturated rings. The topological polar surface area (TPSA) is 12.0 Å². The normalized spacial score (nSPS) is 52.9. The van der Waals surface area contributed by atoms with Crippen molar-refractivity contribution in [2.24, 2.45) is 11.8 Å². The van der Waals surface area contributed by atoms with Crippen LogP contribution in [0.15, 0.2) is 0 Å². The second-order valence-electron chi connectivity index (χ2n) is 3.35. The molecule has 0 aromatic heterocycles. The van der Waals surface area contributed by atoms with Crippen LogP contribution in [0.25, 0.3) is 0 Å². The molecule has 1 saturated carbocycles. The molecule has 0 aromatic carbocycles. The summed E-state index contributed by atoms with van der Waals surface area (Å²) in [5.74, 6) is 2.06. The first kappa shape index (κ1) is 4.80. The van der Waals surface area contributed by atoms with Gasteiger partial charge in [0.2, 0.25) is 0 Å². The van der Waals surface area contributed by atoms with Gasteiger partial charge in [0.05, 0.1) is 0 Å². The summed E-state index contributed by atoms with van der Waals surface area (Å²) in [5.41, 5.74) is 0. The molecule has 1 N–H and O–H groups in total. The van der Waals surface area contributed by atoms with Gasteiger partial charge in [-0.25, -0.2) is 0 Å². The Kier molecular flexibility index (Phi) is 0.884. The monoisotopic (exact) mass is 111 g/mol. The van der Waals surface area contributed by atoms with Crippen molar-refractivity contribution in [3.05, 3.63) is 0 Å². The zero-order chi connectivity index (χ0) is 5.56. The molecule has 1 nitrogen and oxygen atoms in total. The molecule has 8 heavy (non-hydrogen) atoms. The number of hydrogen-bond donors (Lipinski definition) is 1. The summed E-state index contributed by atoms with van der Waals surface area (Å²) in [6.45, 7) is 3.66. The molecule has 3 atom stereocenters. The third-order valence-corrected chi connectivity index (χ3v) is 2.57. The van der Waals surface area contributed by atoms with Gasteiger partial charge in [0.15, 0.2) is 0 Å². The lowest BCUT2D eigenvalue weighted by Crippen LogP contribution is -2.49. The average molecular weight is 111 g/mol. The van der Waals surface area contributed by atoms with Gasteiger partial charge >= 0.3 is 0 Å². The van der Waals surface area contributed by atoms with Gasteiger partial charge in [-0.3, -0.25) is 0 Å². The van der Waals surface area contributed by atoms with E-state index in [1.165, 1.54) is 19.4 Å². The maximum absolute atomic E-state index is 3.44. The van der Waals surface area contributed by atoms with E-state index in [2.05, 4.69) is 12.2 Å². The smallest absolute Gasteiger partial charge is 0.0110 e. The zero-order valence-corrected chi connectivity index (χ0v) is 5.35. The summed E-state index contributed by atoms with van der Waals surface area (Å²) < 4.78 is 0. The van der Waals surface area contributed by atoms with E-state index in [0.717, 1.165) is 17.9 Å². The highest BCUT2D eigenvalue weighted by Gasteiger charge is 2.37. The summed E-state index contributed by atoms with van der Waals surface area (Å²) in [6, 6.07) is 0.921. The Morgan fingerprint density at radius 1 is 1.38 bits per heavy atom. The van der Waals surface area contributed by atoms with Crippen LogP contribution in [-0.4, -0.2) is 12.6 Å². The number of hydrogen-bond acceptors (Lipinski definition) is 1. The van der Waals surface area contributed by atoms with Crippen LogP contribution >= 0.6 is 0 Å². The van der Waals surface area contributed by atoms with Gasteiger partial charge in [0.1, 0.15) is 0 Å². The molecule has 1 saturated heterocycles. The molecule has 0 spiro atoms. The average Bonchev–Trinajstić information content (AvgIpc) is 1.91. The molecule has 2 aliphatic rings. The fourth-order valence-electron chi connectivity index (χ4n) is 2.02. The second kappa shape index (κ2) is 1.47. The van der Waals surface area contributed by atoms with Crippen molar-refractivity contribution in [1.29, 1.82) is 0 Å². The summed E-state index contributed by atoms with van der Waals surface area (Å²) in [5, 5.41) is 3.44. The molecule has 0 aromatic rings. The highest BCUT2D eigenvalue weighted by molar-refractivity contribution is 4.95. The molecular weight excluding hydrogens is 98.1 g/mol. The summed E-state index contributed by atoms with van der Waals surface area (Å²) in [6.07, 6.45) is 2.92. The van der Waals surface area contributed by atoms with Crippen LogP contribution in [0.2, 0.25) is 0 Å². The molecule has 2 rings (SSSR count). The van der Waals surface area contributed by atoms with Crippen LogP contribution in [0.1, 0.15) is 19.8 Å². The molecule has 1 heteroatoms. The summed E-state index contributed by atoms with van der Waals surface area (Å²) >= 11 is 0. The largest absolute Gasteiger partial charge is 0.313 e. The fourth-order valence-corrected chi connectivity index (χ4v) is 2.02. The summed E-state index contributed by atoms with van der Waals surface area (Å²) in [7, 11) is 0. The highest BCUT2D eigenvalue weighted by Crippen LogP contribution is 2.35. The van der Waals surface area contributed by atoms with E-state index in [1.807, 2.05) is 0 Å². The first-order valence-electron chi connectivity index (χ1n) is 3.59. The Labute approximate surface area is 50.5 Å². The van der Waals surface area contributed by atoms with Crippen molar-refractivity contribution in [1.82, 2.24) is 5.32 Å². The standard InChI is InChI=1S/C7H13N/c1-5-2-6-4-8-7(6)3-5/h5-8H,2-4H2,1H3. The van der Waals surface area contributed by atoms with Crippen molar-refractivity contribution in [2.45, 2.75) is 25.8 Å². The predicted octanol–water partition coefficient (Wildman–Crippen LogP) is 1.00. The Morgan fingerprint density at radius 3 is 2.50 bits per heavy atom. The van der Waals surface area contributed by atoms with Gasteiger partial charge < -0.3 is 5.32 Å². The van der Waals surface area contributed by atoms with Gasteiger partial charge in [-0.15, -0.1) is 0 Å². The molecule has 3 unspecified atom stereocenters. The lowest BCUT2D eigenvalue weighted by molar-refractivity contribution is 0.274. The third-order valence-electron chi connectivity index (χ3n) is 2.57. The quantitative estimate of drug-likeness (QED) is 0.492. The zero-order valence-electron chi connectivity index (χ0n) is 5.35. The summed E-state index contributed by atoms with van der Waals surface area (Å²) in [4.78, 5) is 0. The lowest BCUT2D eigenvalue weighted by atomic mass is 9.96. The van der Waals surface area contributed by atoms with Gasteiger partial charge in [0.25, 0.3) is 0 Å². The molecule has 1 heterocycles. The Hall–Kier alpha value is -0.0400. The molecule has 46 valence electrons. The third kappa shape index (κ3) is 0.510. The first-order valence-corrected chi connectivity index (χ1v) is 3.59. The predicted molar refractivity (Wildman–Crippen MR) is 33.7 cm³/mol. The van der Waals surface area contributed by atoms with E-state index in [4.69, 9.17) is 0 Å². The maximum atomic E-state index is 3.44. The molecule has 0 bridgehead atoms. The lowest BCUT2D eigenvalue weighted by Gasteiger charge is -2.31. The van der Waals surface area contributed by atoms with E-state index in [0.29, 0.717) is 0 Å². The van der Waals surface area contributed by atoms with E-state index < -0.39 is 0 Å². The van der Waals surface area contributed by atoms with Crippen molar-refractivity contribution in [3.8, 4) is 0 Å². The van der Waals surface area contributed by atoms with E-state index in [-0.39, 0.29) is 0 Å². The highest BCUT2D eigenvalue weighted by atomic mass is 15.0. The maximum Gasteiger partial charge on any atom is 0.0110 e. The van der Waals surface area contributed by atoms with Crippen LogP contribution in [-0.2, 0) is 0 Å². The minimum Gasteiger partial charge on any atom is -0.313 e. The minimum atomic E-state index is 0.921. The van der Waals surface area contributed by atoms with Crippen LogP contribution < -0.4 is 5.32 Å². The van der Waals surface area contributed by atoms with Gasteiger partial charge in [-0.2, -0.15) is 0 Å². The molecule has 1 aliphatic heterocycles. The van der Waals surface area contributed by atoms with Crippen molar-refractivity contribution in [2.75, 3.05) is 6.54 Å². The van der Waals surface area contributed by atoms with E-state index >= 15 is 0 Å². The molecule has 0 amide bonds. The first-order chi connectivity index (χ1) is 3.86. The minimum absolute atomic E-state index is 0.921. The van der Waals surface area contributed by atoms with Gasteiger partial charge in [0, 0.05) is 6.04 Å². The Bertz CT molecular complexity index is 88.6. The second-order valence-corrected chi connectivity index (χ2v) is 3.35. The van der Waals surface area contributed by atoms with E-state index in [1.54, 1.807) is 0 Å². The SMILES string of the molecule is CC1CC2CNC2C1. The van der Waals surface area contributed by atoms with Crippen LogP contribution in [0.3, 0.4) is 0 Å². The van der Waals surface area contributed by atoms with Crippen molar-refractivity contribution in [3.63, 3.8) is 0 Å².